The number of piperazine rings is 1. The van der Waals surface area contributed by atoms with E-state index in [9.17, 15) is 9.90 Å². The number of fused-ring (bicyclic) bond motifs is 1. The molecule has 1 aromatic carbocycles. The molecule has 0 aliphatic carbocycles. The standard InChI is InChI=1S/C26H34N8O4.2C2H6/c1-5-23(36)27-19-12-20(22(37-4)13-21(19)33-10-8-31(2)9-11-33)28-26-29-24-18(6-7-34(24)16-35)25(30-26)38-17-14-32(3)15-17;2*1-2/h5-7,12-13,17,35H,1,8-11,14-16H2,2-4H3,(H,27,36)(H,28,29,30);2*1-2H3. The summed E-state index contributed by atoms with van der Waals surface area (Å²) in [7, 11) is 5.72. The van der Waals surface area contributed by atoms with Crippen molar-refractivity contribution in [3.63, 3.8) is 0 Å². The zero-order valence-electron chi connectivity index (χ0n) is 26.0. The van der Waals surface area contributed by atoms with E-state index in [4.69, 9.17) is 9.47 Å². The van der Waals surface area contributed by atoms with Crippen LogP contribution in [0.3, 0.4) is 0 Å². The van der Waals surface area contributed by atoms with Gasteiger partial charge in [0.1, 0.15) is 18.6 Å². The molecule has 4 heterocycles. The van der Waals surface area contributed by atoms with Crippen LogP contribution in [-0.2, 0) is 11.5 Å². The number of nitrogens with zero attached hydrogens (tertiary/aromatic N) is 6. The Hall–Kier alpha value is -3.87. The average Bonchev–Trinajstić information content (AvgIpc) is 3.42. The fourth-order valence-corrected chi connectivity index (χ4v) is 4.72. The Morgan fingerprint density at radius 2 is 1.76 bits per heavy atom. The Bertz CT molecular complexity index is 1330. The summed E-state index contributed by atoms with van der Waals surface area (Å²) < 4.78 is 13.5. The summed E-state index contributed by atoms with van der Waals surface area (Å²) in [5.41, 5.74) is 2.59. The molecule has 0 bridgehead atoms. The van der Waals surface area contributed by atoms with Crippen LogP contribution in [0.2, 0.25) is 0 Å². The van der Waals surface area contributed by atoms with Crippen LogP contribution in [0.4, 0.5) is 23.0 Å². The van der Waals surface area contributed by atoms with Crippen molar-refractivity contribution in [2.24, 2.45) is 0 Å². The van der Waals surface area contributed by atoms with Crippen LogP contribution >= 0.6 is 0 Å². The largest absolute Gasteiger partial charge is 0.494 e. The lowest BCUT2D eigenvalue weighted by molar-refractivity contribution is -0.111. The molecule has 2 saturated heterocycles. The van der Waals surface area contributed by atoms with Crippen molar-refractivity contribution in [2.75, 3.05) is 76.0 Å². The molecule has 0 saturated carbocycles. The Kier molecular flexibility index (Phi) is 12.0. The summed E-state index contributed by atoms with van der Waals surface area (Å²) in [6.45, 7) is 16.4. The maximum absolute atomic E-state index is 12.3. The predicted molar refractivity (Wildman–Crippen MR) is 169 cm³/mol. The first kappa shape index (κ1) is 32.6. The van der Waals surface area contributed by atoms with E-state index in [-0.39, 0.29) is 24.7 Å². The van der Waals surface area contributed by atoms with Gasteiger partial charge in [-0.3, -0.25) is 9.69 Å². The molecule has 1 amide bonds. The van der Waals surface area contributed by atoms with Gasteiger partial charge in [-0.15, -0.1) is 0 Å². The second kappa shape index (κ2) is 15.4. The molecule has 0 atom stereocenters. The normalized spacial score (nSPS) is 15.5. The first-order chi connectivity index (χ1) is 20.4. The maximum Gasteiger partial charge on any atom is 0.247 e. The Labute approximate surface area is 248 Å². The monoisotopic (exact) mass is 582 g/mol. The number of likely N-dealkylation sites (tertiary alicyclic amines) is 1. The summed E-state index contributed by atoms with van der Waals surface area (Å²) in [4.78, 5) is 28.3. The van der Waals surface area contributed by atoms with Crippen LogP contribution in [0, 0.1) is 0 Å². The van der Waals surface area contributed by atoms with Gasteiger partial charge in [-0.25, -0.2) is 0 Å². The number of hydrogen-bond donors (Lipinski definition) is 3. The molecule has 12 nitrogen and oxygen atoms in total. The second-order valence-corrected chi connectivity index (χ2v) is 9.66. The number of carbonyl (C=O) groups is 1. The van der Waals surface area contributed by atoms with Crippen molar-refractivity contribution in [2.45, 2.75) is 40.5 Å². The molecule has 0 spiro atoms. The van der Waals surface area contributed by atoms with Gasteiger partial charge in [-0.2, -0.15) is 9.97 Å². The SMILES string of the molecule is C=CC(=O)Nc1cc(Nc2nc(OC3CN(C)C3)c3ccn(CO)c3n2)c(OC)cc1N1CCN(C)CC1.CC.CC. The van der Waals surface area contributed by atoms with E-state index in [2.05, 4.69) is 48.9 Å². The summed E-state index contributed by atoms with van der Waals surface area (Å²) in [6.07, 6.45) is 3.02. The van der Waals surface area contributed by atoms with Crippen LogP contribution in [0.1, 0.15) is 27.7 Å². The number of hydrogen-bond acceptors (Lipinski definition) is 10. The molecule has 2 fully saturated rings. The van der Waals surface area contributed by atoms with Gasteiger partial charge in [0, 0.05) is 51.5 Å². The van der Waals surface area contributed by atoms with E-state index in [0.717, 1.165) is 50.3 Å². The minimum Gasteiger partial charge on any atom is -0.494 e. The molecular weight excluding hydrogens is 536 g/mol. The molecule has 12 heteroatoms. The van der Waals surface area contributed by atoms with Crippen LogP contribution in [0.5, 0.6) is 11.6 Å². The van der Waals surface area contributed by atoms with Crippen molar-refractivity contribution in [1.82, 2.24) is 24.3 Å². The van der Waals surface area contributed by atoms with Crippen molar-refractivity contribution in [3.8, 4) is 11.6 Å². The Balaban J connectivity index is 0.00000116. The molecule has 3 aromatic rings. The lowest BCUT2D eigenvalue weighted by Crippen LogP contribution is -2.51. The third-order valence-corrected chi connectivity index (χ3v) is 6.90. The first-order valence-corrected chi connectivity index (χ1v) is 14.6. The van der Waals surface area contributed by atoms with E-state index in [1.807, 2.05) is 52.9 Å². The third-order valence-electron chi connectivity index (χ3n) is 6.90. The van der Waals surface area contributed by atoms with Gasteiger partial charge in [-0.1, -0.05) is 34.3 Å². The highest BCUT2D eigenvalue weighted by molar-refractivity contribution is 6.02. The number of rotatable bonds is 9. The third kappa shape index (κ3) is 7.50. The maximum atomic E-state index is 12.3. The van der Waals surface area contributed by atoms with E-state index in [1.54, 1.807) is 17.9 Å². The highest BCUT2D eigenvalue weighted by Crippen LogP contribution is 2.39. The lowest BCUT2D eigenvalue weighted by Gasteiger charge is -2.35. The molecule has 2 aliphatic rings. The molecule has 42 heavy (non-hydrogen) atoms. The molecule has 3 N–H and O–H groups in total. The number of anilines is 4. The molecule has 0 unspecified atom stereocenters. The number of aliphatic hydroxyl groups excluding tert-OH is 1. The van der Waals surface area contributed by atoms with E-state index < -0.39 is 0 Å². The van der Waals surface area contributed by atoms with E-state index in [0.29, 0.717) is 28.7 Å². The van der Waals surface area contributed by atoms with Crippen LogP contribution < -0.4 is 25.0 Å². The van der Waals surface area contributed by atoms with Crippen LogP contribution in [0.25, 0.3) is 11.0 Å². The number of methoxy groups -OCH3 is 1. The summed E-state index contributed by atoms with van der Waals surface area (Å²) in [5, 5.41) is 16.7. The van der Waals surface area contributed by atoms with Crippen molar-refractivity contribution < 1.29 is 19.4 Å². The number of likely N-dealkylation sites (N-methyl/N-ethyl adjacent to an activating group) is 2. The summed E-state index contributed by atoms with van der Waals surface area (Å²) in [6, 6.07) is 5.55. The molecular formula is C30H46N8O4. The minimum absolute atomic E-state index is 0.0292. The molecule has 0 radical (unpaired) electrons. The number of benzene rings is 1. The van der Waals surface area contributed by atoms with Gasteiger partial charge in [0.05, 0.1) is 29.6 Å². The van der Waals surface area contributed by atoms with Crippen molar-refractivity contribution >= 4 is 40.0 Å². The fourth-order valence-electron chi connectivity index (χ4n) is 4.72. The van der Waals surface area contributed by atoms with Gasteiger partial charge in [0.15, 0.2) is 5.65 Å². The second-order valence-electron chi connectivity index (χ2n) is 9.66. The van der Waals surface area contributed by atoms with Crippen molar-refractivity contribution in [3.05, 3.63) is 37.1 Å². The van der Waals surface area contributed by atoms with Gasteiger partial charge in [0.2, 0.25) is 17.7 Å². The molecule has 230 valence electrons. The zero-order chi connectivity index (χ0) is 30.8. The molecule has 2 aliphatic heterocycles. The number of aromatic nitrogens is 3. The summed E-state index contributed by atoms with van der Waals surface area (Å²) >= 11 is 0. The minimum atomic E-state index is -0.309. The number of ether oxygens (including phenoxy) is 2. The van der Waals surface area contributed by atoms with Gasteiger partial charge < -0.3 is 39.6 Å². The molecule has 5 rings (SSSR count). The van der Waals surface area contributed by atoms with E-state index >= 15 is 0 Å². The van der Waals surface area contributed by atoms with Crippen LogP contribution in [-0.4, -0.2) is 102 Å². The number of amides is 1. The van der Waals surface area contributed by atoms with Crippen LogP contribution in [0.15, 0.2) is 37.1 Å². The molecule has 2 aromatic heterocycles. The van der Waals surface area contributed by atoms with E-state index in [1.165, 1.54) is 6.08 Å². The topological polar surface area (TPSA) is 120 Å². The van der Waals surface area contributed by atoms with Crippen molar-refractivity contribution in [1.29, 1.82) is 0 Å². The highest BCUT2D eigenvalue weighted by atomic mass is 16.5. The highest BCUT2D eigenvalue weighted by Gasteiger charge is 2.27. The fraction of sp³-hybridized carbons (Fsp3) is 0.500. The van der Waals surface area contributed by atoms with Gasteiger partial charge in [0.25, 0.3) is 0 Å². The summed E-state index contributed by atoms with van der Waals surface area (Å²) in [5.74, 6) is 0.979. The van der Waals surface area contributed by atoms with Gasteiger partial charge in [-0.05, 0) is 32.3 Å². The number of nitrogens with one attached hydrogen (secondary N) is 2. The predicted octanol–water partition coefficient (Wildman–Crippen LogP) is 3.75. The zero-order valence-corrected chi connectivity index (χ0v) is 26.0. The Morgan fingerprint density at radius 1 is 1.07 bits per heavy atom. The lowest BCUT2D eigenvalue weighted by atomic mass is 10.1. The Morgan fingerprint density at radius 3 is 2.36 bits per heavy atom. The van der Waals surface area contributed by atoms with Gasteiger partial charge >= 0.3 is 0 Å². The number of aliphatic hydroxyl groups is 1. The average molecular weight is 583 g/mol. The number of carbonyl (C=O) groups excluding carboxylic acids is 1. The quantitative estimate of drug-likeness (QED) is 0.322. The first-order valence-electron chi connectivity index (χ1n) is 14.6. The smallest absolute Gasteiger partial charge is 0.247 e.